The molecule has 0 aromatic heterocycles. The average Bonchev–Trinajstić information content (AvgIpc) is 2.07. The normalized spacial score (nSPS) is 15.5. The Hall–Kier alpha value is -0.520. The van der Waals surface area contributed by atoms with Crippen LogP contribution in [0, 0.1) is 10.8 Å². The summed E-state index contributed by atoms with van der Waals surface area (Å²) in [5.74, 6) is 0. The molecule has 0 saturated carbocycles. The van der Waals surface area contributed by atoms with Gasteiger partial charge in [0.2, 0.25) is 0 Å². The maximum atomic E-state index is 2.37. The fourth-order valence-electron chi connectivity index (χ4n) is 1.65. The minimum atomic E-state index is 0.297. The van der Waals surface area contributed by atoms with Crippen molar-refractivity contribution in [3.05, 3.63) is 23.3 Å². The molecule has 0 amide bonds. The number of rotatable bonds is 3. The van der Waals surface area contributed by atoms with Crippen LogP contribution in [0.4, 0.5) is 0 Å². The molecule has 0 bridgehead atoms. The standard InChI is InChI=1S/C16H30/c1-9-14(16(6,7)8)12-13(2)10-11-15(3,4)5/h10,12H,9,11H2,1-8H3/b13-10-,14-12+. The van der Waals surface area contributed by atoms with Crippen LogP contribution >= 0.6 is 0 Å². The molecule has 0 saturated heterocycles. The van der Waals surface area contributed by atoms with Crippen LogP contribution in [-0.4, -0.2) is 0 Å². The van der Waals surface area contributed by atoms with Crippen molar-refractivity contribution < 1.29 is 0 Å². The predicted octanol–water partition coefficient (Wildman–Crippen LogP) is 5.75. The van der Waals surface area contributed by atoms with Crippen LogP contribution in [0.5, 0.6) is 0 Å². The van der Waals surface area contributed by atoms with E-state index in [1.165, 1.54) is 11.1 Å². The number of hydrogen-bond acceptors (Lipinski definition) is 0. The number of allylic oxidation sites excluding steroid dienone is 4. The van der Waals surface area contributed by atoms with Crippen molar-refractivity contribution in [2.24, 2.45) is 10.8 Å². The van der Waals surface area contributed by atoms with Gasteiger partial charge in [0.25, 0.3) is 0 Å². The fraction of sp³-hybridized carbons (Fsp3) is 0.750. The van der Waals surface area contributed by atoms with Gasteiger partial charge in [0, 0.05) is 0 Å². The second kappa shape index (κ2) is 5.70. The van der Waals surface area contributed by atoms with E-state index < -0.39 is 0 Å². The van der Waals surface area contributed by atoms with Gasteiger partial charge in [-0.3, -0.25) is 0 Å². The third-order valence-corrected chi connectivity index (χ3v) is 2.78. The van der Waals surface area contributed by atoms with E-state index in [9.17, 15) is 0 Å². The lowest BCUT2D eigenvalue weighted by molar-refractivity contribution is 0.420. The predicted molar refractivity (Wildman–Crippen MR) is 75.7 cm³/mol. The lowest BCUT2D eigenvalue weighted by atomic mass is 9.83. The van der Waals surface area contributed by atoms with Crippen molar-refractivity contribution in [3.63, 3.8) is 0 Å². The summed E-state index contributed by atoms with van der Waals surface area (Å²) in [7, 11) is 0. The molecule has 0 unspecified atom stereocenters. The molecule has 94 valence electrons. The molecule has 0 heteroatoms. The Kier molecular flexibility index (Phi) is 5.52. The second-order valence-electron chi connectivity index (χ2n) is 6.99. The summed E-state index contributed by atoms with van der Waals surface area (Å²) in [6.45, 7) is 18.2. The maximum absolute atomic E-state index is 2.37. The van der Waals surface area contributed by atoms with Crippen LogP contribution in [0.15, 0.2) is 23.3 Å². The summed E-state index contributed by atoms with van der Waals surface area (Å²) < 4.78 is 0. The lowest BCUT2D eigenvalue weighted by Crippen LogP contribution is -2.09. The van der Waals surface area contributed by atoms with Gasteiger partial charge in [0.05, 0.1) is 0 Å². The van der Waals surface area contributed by atoms with Crippen molar-refractivity contribution >= 4 is 0 Å². The van der Waals surface area contributed by atoms with E-state index in [0.717, 1.165) is 12.8 Å². The van der Waals surface area contributed by atoms with E-state index >= 15 is 0 Å². The van der Waals surface area contributed by atoms with Gasteiger partial charge >= 0.3 is 0 Å². The third kappa shape index (κ3) is 6.87. The quantitative estimate of drug-likeness (QED) is 0.533. The van der Waals surface area contributed by atoms with Gasteiger partial charge in [-0.1, -0.05) is 71.8 Å². The largest absolute Gasteiger partial charge is 0.0811 e. The topological polar surface area (TPSA) is 0 Å². The van der Waals surface area contributed by atoms with Gasteiger partial charge in [0.15, 0.2) is 0 Å². The van der Waals surface area contributed by atoms with Gasteiger partial charge in [-0.05, 0) is 30.6 Å². The summed E-state index contributed by atoms with van der Waals surface area (Å²) in [6.07, 6.45) is 7.02. The van der Waals surface area contributed by atoms with Crippen LogP contribution in [0.3, 0.4) is 0 Å². The Bertz CT molecular complexity index is 263. The zero-order valence-corrected chi connectivity index (χ0v) is 12.6. The maximum Gasteiger partial charge on any atom is -0.0170 e. The Balaban J connectivity index is 4.74. The summed E-state index contributed by atoms with van der Waals surface area (Å²) >= 11 is 0. The van der Waals surface area contributed by atoms with Crippen molar-refractivity contribution in [1.29, 1.82) is 0 Å². The molecule has 0 N–H and O–H groups in total. The number of hydrogen-bond donors (Lipinski definition) is 0. The first-order valence-electron chi connectivity index (χ1n) is 6.44. The average molecular weight is 222 g/mol. The molecule has 0 heterocycles. The third-order valence-electron chi connectivity index (χ3n) is 2.78. The zero-order chi connectivity index (χ0) is 13.0. The Morgan fingerprint density at radius 2 is 1.50 bits per heavy atom. The van der Waals surface area contributed by atoms with E-state index in [1.807, 2.05) is 0 Å². The van der Waals surface area contributed by atoms with Crippen LogP contribution in [-0.2, 0) is 0 Å². The molecule has 0 aliphatic rings. The molecule has 0 rings (SSSR count). The molecule has 0 aromatic carbocycles. The highest BCUT2D eigenvalue weighted by Crippen LogP contribution is 2.29. The summed E-state index contributed by atoms with van der Waals surface area (Å²) in [6, 6.07) is 0. The summed E-state index contributed by atoms with van der Waals surface area (Å²) in [4.78, 5) is 0. The highest BCUT2D eigenvalue weighted by molar-refractivity contribution is 5.25. The van der Waals surface area contributed by atoms with Crippen LogP contribution in [0.1, 0.15) is 68.2 Å². The highest BCUT2D eigenvalue weighted by Gasteiger charge is 2.15. The molecule has 16 heavy (non-hydrogen) atoms. The fourth-order valence-corrected chi connectivity index (χ4v) is 1.65. The zero-order valence-electron chi connectivity index (χ0n) is 12.6. The molecular weight excluding hydrogens is 192 g/mol. The molecule has 0 aliphatic carbocycles. The van der Waals surface area contributed by atoms with E-state index in [-0.39, 0.29) is 0 Å². The molecule has 0 radical (unpaired) electrons. The summed E-state index contributed by atoms with van der Waals surface area (Å²) in [5, 5.41) is 0. The lowest BCUT2D eigenvalue weighted by Gasteiger charge is -2.22. The first-order valence-corrected chi connectivity index (χ1v) is 6.44. The van der Waals surface area contributed by atoms with Crippen LogP contribution in [0.25, 0.3) is 0 Å². The minimum absolute atomic E-state index is 0.297. The molecule has 0 aromatic rings. The van der Waals surface area contributed by atoms with E-state index in [2.05, 4.69) is 67.5 Å². The van der Waals surface area contributed by atoms with E-state index in [0.29, 0.717) is 10.8 Å². The molecule has 0 fully saturated rings. The van der Waals surface area contributed by atoms with Gasteiger partial charge in [-0.25, -0.2) is 0 Å². The van der Waals surface area contributed by atoms with E-state index in [1.54, 1.807) is 0 Å². The van der Waals surface area contributed by atoms with E-state index in [4.69, 9.17) is 0 Å². The van der Waals surface area contributed by atoms with Gasteiger partial charge < -0.3 is 0 Å². The van der Waals surface area contributed by atoms with Crippen molar-refractivity contribution in [2.75, 3.05) is 0 Å². The molecular formula is C16H30. The van der Waals surface area contributed by atoms with Crippen molar-refractivity contribution in [3.8, 4) is 0 Å². The van der Waals surface area contributed by atoms with Gasteiger partial charge in [0.1, 0.15) is 0 Å². The Morgan fingerprint density at radius 1 is 1.00 bits per heavy atom. The first-order chi connectivity index (χ1) is 7.06. The monoisotopic (exact) mass is 222 g/mol. The Morgan fingerprint density at radius 3 is 1.81 bits per heavy atom. The van der Waals surface area contributed by atoms with Crippen molar-refractivity contribution in [1.82, 2.24) is 0 Å². The molecule has 0 nitrogen and oxygen atoms in total. The van der Waals surface area contributed by atoms with Crippen molar-refractivity contribution in [2.45, 2.75) is 68.2 Å². The second-order valence-corrected chi connectivity index (χ2v) is 6.99. The van der Waals surface area contributed by atoms with Gasteiger partial charge in [-0.15, -0.1) is 0 Å². The smallest absolute Gasteiger partial charge is 0.0170 e. The minimum Gasteiger partial charge on any atom is -0.0811 e. The van der Waals surface area contributed by atoms with Gasteiger partial charge in [-0.2, -0.15) is 0 Å². The van der Waals surface area contributed by atoms with Crippen LogP contribution in [0.2, 0.25) is 0 Å². The Labute approximate surface area is 103 Å². The molecule has 0 spiro atoms. The molecule has 0 atom stereocenters. The first kappa shape index (κ1) is 15.5. The van der Waals surface area contributed by atoms with Crippen LogP contribution < -0.4 is 0 Å². The summed E-state index contributed by atoms with van der Waals surface area (Å²) in [5.41, 5.74) is 3.63. The highest BCUT2D eigenvalue weighted by atomic mass is 14.2. The molecule has 0 aliphatic heterocycles. The SMILES string of the molecule is CC/C(=C\C(C)=C/CC(C)(C)C)C(C)(C)C.